The minimum atomic E-state index is -1.47. The molecule has 9 heavy (non-hydrogen) atoms. The first-order valence-corrected chi connectivity index (χ1v) is 2.25. The van der Waals surface area contributed by atoms with Gasteiger partial charge in [-0.1, -0.05) is 6.58 Å². The Balaban J connectivity index is 4.17. The summed E-state index contributed by atoms with van der Waals surface area (Å²) in [5.74, 6) is -2.01. The zero-order chi connectivity index (χ0) is 7.44. The minimum absolute atomic E-state index is 0.344. The molecule has 0 atom stereocenters. The summed E-state index contributed by atoms with van der Waals surface area (Å²) in [5.41, 5.74) is 5.19. The van der Waals surface area contributed by atoms with Gasteiger partial charge in [-0.25, -0.2) is 4.99 Å². The van der Waals surface area contributed by atoms with Crippen LogP contribution in [0, 0.1) is 0 Å². The lowest BCUT2D eigenvalue weighted by Crippen LogP contribution is -2.37. The number of nitrogens with zero attached hydrogens (tertiary/aromatic N) is 1. The normalized spacial score (nSPS) is 11.0. The second-order valence-electron chi connectivity index (χ2n) is 1.52. The summed E-state index contributed by atoms with van der Waals surface area (Å²) < 4.78 is 0. The zero-order valence-corrected chi connectivity index (χ0v) is 5.05. The van der Waals surface area contributed by atoms with Crippen molar-refractivity contribution >= 4 is 11.8 Å². The first-order chi connectivity index (χ1) is 4.04. The lowest BCUT2D eigenvalue weighted by Gasteiger charge is -1.98. The Hall–Kier alpha value is -1.32. The number of amidine groups is 1. The van der Waals surface area contributed by atoms with E-state index < -0.39 is 11.8 Å². The molecule has 0 unspecified atom stereocenters. The van der Waals surface area contributed by atoms with Gasteiger partial charge in [0.25, 0.3) is 0 Å². The average Bonchev–Trinajstić information content (AvgIpc) is 1.63. The Morgan fingerprint density at radius 2 is 2.22 bits per heavy atom. The van der Waals surface area contributed by atoms with Gasteiger partial charge in [-0.2, -0.15) is 0 Å². The van der Waals surface area contributed by atoms with Crippen LogP contribution in [-0.4, -0.2) is 11.8 Å². The summed E-state index contributed by atoms with van der Waals surface area (Å²) in [6, 6.07) is 0. The average molecular weight is 127 g/mol. The van der Waals surface area contributed by atoms with E-state index in [-0.39, 0.29) is 0 Å². The Bertz CT molecular complexity index is 172. The molecule has 0 saturated carbocycles. The standard InChI is InChI=1S/C5H8N2O2/c1-3(2)7-4(6)5(8)9/h1H2,2H3,(H2,6,7)(H,8,9)/p-1. The van der Waals surface area contributed by atoms with E-state index in [1.807, 2.05) is 0 Å². The van der Waals surface area contributed by atoms with Gasteiger partial charge in [0.05, 0.1) is 0 Å². The van der Waals surface area contributed by atoms with Gasteiger partial charge in [-0.3, -0.25) is 0 Å². The van der Waals surface area contributed by atoms with E-state index in [9.17, 15) is 9.90 Å². The van der Waals surface area contributed by atoms with E-state index in [1.165, 1.54) is 6.92 Å². The molecule has 0 aliphatic rings. The number of aliphatic carboxylic acids is 1. The molecule has 0 fully saturated rings. The molecule has 50 valence electrons. The number of carboxylic acids is 1. The van der Waals surface area contributed by atoms with Crippen molar-refractivity contribution in [2.24, 2.45) is 10.7 Å². The molecule has 4 heteroatoms. The predicted octanol–water partition coefficient (Wildman–Crippen LogP) is -1.37. The highest BCUT2D eigenvalue weighted by molar-refractivity contribution is 6.32. The second-order valence-corrected chi connectivity index (χ2v) is 1.52. The summed E-state index contributed by atoms with van der Waals surface area (Å²) in [7, 11) is 0. The van der Waals surface area contributed by atoms with Gasteiger partial charge in [-0.15, -0.1) is 0 Å². The maximum Gasteiger partial charge on any atom is 0.146 e. The number of aliphatic imine (C=N–C) groups is 1. The first kappa shape index (κ1) is 7.68. The third-order valence-corrected chi connectivity index (χ3v) is 0.520. The highest BCUT2D eigenvalue weighted by atomic mass is 16.4. The largest absolute Gasteiger partial charge is 0.542 e. The van der Waals surface area contributed by atoms with Crippen LogP contribution in [0.2, 0.25) is 0 Å². The van der Waals surface area contributed by atoms with Crippen molar-refractivity contribution in [3.63, 3.8) is 0 Å². The molecule has 0 aromatic heterocycles. The molecule has 0 aliphatic heterocycles. The fourth-order valence-electron chi connectivity index (χ4n) is 0.251. The van der Waals surface area contributed by atoms with Crippen molar-refractivity contribution in [1.82, 2.24) is 0 Å². The molecule has 0 heterocycles. The van der Waals surface area contributed by atoms with Crippen molar-refractivity contribution in [1.29, 1.82) is 0 Å². The molecule has 0 radical (unpaired) electrons. The Labute approximate surface area is 52.7 Å². The summed E-state index contributed by atoms with van der Waals surface area (Å²) in [4.78, 5) is 13.1. The monoisotopic (exact) mass is 127 g/mol. The fraction of sp³-hybridized carbons (Fsp3) is 0.200. The van der Waals surface area contributed by atoms with E-state index in [2.05, 4.69) is 11.6 Å². The third kappa shape index (κ3) is 3.28. The number of carbonyl (C=O) groups is 1. The van der Waals surface area contributed by atoms with E-state index in [0.29, 0.717) is 5.70 Å². The summed E-state index contributed by atoms with van der Waals surface area (Å²) >= 11 is 0. The summed E-state index contributed by atoms with van der Waals surface area (Å²) in [6.45, 7) is 4.86. The second kappa shape index (κ2) is 2.86. The topological polar surface area (TPSA) is 78.5 Å². The molecule has 0 aromatic rings. The van der Waals surface area contributed by atoms with Crippen LogP contribution >= 0.6 is 0 Å². The van der Waals surface area contributed by atoms with Gasteiger partial charge in [0.2, 0.25) is 0 Å². The van der Waals surface area contributed by atoms with Gasteiger partial charge in [0, 0.05) is 5.70 Å². The molecule has 0 rings (SSSR count). The number of allylic oxidation sites excluding steroid dienone is 1. The molecular weight excluding hydrogens is 120 g/mol. The van der Waals surface area contributed by atoms with Gasteiger partial charge in [0.1, 0.15) is 11.8 Å². The van der Waals surface area contributed by atoms with Crippen LogP contribution in [-0.2, 0) is 4.79 Å². The van der Waals surface area contributed by atoms with Crippen LogP contribution in [0.5, 0.6) is 0 Å². The van der Waals surface area contributed by atoms with Gasteiger partial charge < -0.3 is 15.6 Å². The maximum atomic E-state index is 9.83. The summed E-state index contributed by atoms with van der Waals surface area (Å²) in [6.07, 6.45) is 0. The van der Waals surface area contributed by atoms with E-state index in [1.54, 1.807) is 0 Å². The molecular formula is C5H7N2O2-. The van der Waals surface area contributed by atoms with Crippen LogP contribution < -0.4 is 10.8 Å². The van der Waals surface area contributed by atoms with Crippen LogP contribution in [0.4, 0.5) is 0 Å². The molecule has 2 N–H and O–H groups in total. The van der Waals surface area contributed by atoms with E-state index in [0.717, 1.165) is 0 Å². The van der Waals surface area contributed by atoms with Crippen LogP contribution in [0.1, 0.15) is 6.92 Å². The number of rotatable bonds is 1. The molecule has 0 amide bonds. The number of carboxylic acid groups (broad SMARTS) is 1. The van der Waals surface area contributed by atoms with Crippen molar-refractivity contribution in [3.05, 3.63) is 12.3 Å². The number of hydrogen-bond donors (Lipinski definition) is 1. The van der Waals surface area contributed by atoms with Gasteiger partial charge in [-0.05, 0) is 6.92 Å². The summed E-state index contributed by atoms with van der Waals surface area (Å²) in [5, 5.41) is 9.83. The minimum Gasteiger partial charge on any atom is -0.542 e. The number of nitrogens with two attached hydrogens (primary N) is 1. The predicted molar refractivity (Wildman–Crippen MR) is 31.4 cm³/mol. The van der Waals surface area contributed by atoms with Crippen LogP contribution in [0.15, 0.2) is 17.3 Å². The first-order valence-electron chi connectivity index (χ1n) is 2.25. The Morgan fingerprint density at radius 1 is 1.78 bits per heavy atom. The lowest BCUT2D eigenvalue weighted by atomic mass is 10.5. The Morgan fingerprint density at radius 3 is 2.33 bits per heavy atom. The highest BCUT2D eigenvalue weighted by Crippen LogP contribution is 1.85. The SMILES string of the molecule is C=C(C)N=C(N)C(=O)[O-]. The molecule has 0 spiro atoms. The lowest BCUT2D eigenvalue weighted by molar-refractivity contribution is -0.294. The fourth-order valence-corrected chi connectivity index (χ4v) is 0.251. The van der Waals surface area contributed by atoms with E-state index >= 15 is 0 Å². The van der Waals surface area contributed by atoms with Gasteiger partial charge in [0.15, 0.2) is 0 Å². The zero-order valence-electron chi connectivity index (χ0n) is 5.05. The molecule has 0 bridgehead atoms. The molecule has 0 aromatic carbocycles. The highest BCUT2D eigenvalue weighted by Gasteiger charge is 1.88. The quantitative estimate of drug-likeness (QED) is 0.348. The van der Waals surface area contributed by atoms with Crippen molar-refractivity contribution in [3.8, 4) is 0 Å². The molecule has 0 aliphatic carbocycles. The third-order valence-electron chi connectivity index (χ3n) is 0.520. The van der Waals surface area contributed by atoms with Crippen molar-refractivity contribution in [2.45, 2.75) is 6.92 Å². The van der Waals surface area contributed by atoms with Crippen molar-refractivity contribution in [2.75, 3.05) is 0 Å². The van der Waals surface area contributed by atoms with Crippen LogP contribution in [0.25, 0.3) is 0 Å². The Kier molecular flexibility index (Phi) is 2.44. The smallest absolute Gasteiger partial charge is 0.146 e. The maximum absolute atomic E-state index is 9.83. The van der Waals surface area contributed by atoms with E-state index in [4.69, 9.17) is 5.73 Å². The number of hydrogen-bond acceptors (Lipinski definition) is 3. The molecule has 4 nitrogen and oxygen atoms in total. The van der Waals surface area contributed by atoms with Crippen LogP contribution in [0.3, 0.4) is 0 Å². The number of carbonyl (C=O) groups excluding carboxylic acids is 1. The van der Waals surface area contributed by atoms with Crippen molar-refractivity contribution < 1.29 is 9.90 Å². The van der Waals surface area contributed by atoms with Gasteiger partial charge >= 0.3 is 0 Å². The molecule has 0 saturated heterocycles.